The molecule has 1 rings (SSSR count). The van der Waals surface area contributed by atoms with Gasteiger partial charge in [-0.1, -0.05) is 19.8 Å². The first-order valence-electron chi connectivity index (χ1n) is 6.41. The summed E-state index contributed by atoms with van der Waals surface area (Å²) in [5.41, 5.74) is 6.24. The molecule has 1 aliphatic rings. The van der Waals surface area contributed by atoms with Gasteiger partial charge in [0.25, 0.3) is 0 Å². The van der Waals surface area contributed by atoms with Crippen LogP contribution in [0.3, 0.4) is 0 Å². The van der Waals surface area contributed by atoms with Crippen molar-refractivity contribution in [2.75, 3.05) is 7.11 Å². The summed E-state index contributed by atoms with van der Waals surface area (Å²) in [5, 5.41) is 0. The summed E-state index contributed by atoms with van der Waals surface area (Å²) in [6.07, 6.45) is 8.00. The molecule has 0 radical (unpaired) electrons. The quantitative estimate of drug-likeness (QED) is 0.762. The van der Waals surface area contributed by atoms with E-state index in [1.807, 2.05) is 0 Å². The molecule has 0 heterocycles. The van der Waals surface area contributed by atoms with E-state index in [2.05, 4.69) is 13.8 Å². The lowest BCUT2D eigenvalue weighted by Gasteiger charge is -2.31. The van der Waals surface area contributed by atoms with Crippen LogP contribution in [0.2, 0.25) is 0 Å². The lowest BCUT2D eigenvalue weighted by atomic mass is 9.78. The van der Waals surface area contributed by atoms with Crippen molar-refractivity contribution in [3.05, 3.63) is 0 Å². The molecule has 1 fully saturated rings. The minimum absolute atomic E-state index is 0.360. The van der Waals surface area contributed by atoms with Gasteiger partial charge >= 0.3 is 0 Å². The maximum atomic E-state index is 6.24. The molecular formula is C13H27NO. The third-order valence-corrected chi connectivity index (χ3v) is 3.97. The van der Waals surface area contributed by atoms with Crippen LogP contribution < -0.4 is 5.73 Å². The highest BCUT2D eigenvalue weighted by Gasteiger charge is 2.23. The van der Waals surface area contributed by atoms with Crippen LogP contribution in [0.5, 0.6) is 0 Å². The molecule has 0 aromatic heterocycles. The normalized spacial score (nSPS) is 31.2. The SMILES string of the molecule is COC(C)CCC(N)C1CCC(C)CC1. The number of ether oxygens (including phenoxy) is 1. The molecule has 0 spiro atoms. The zero-order valence-corrected chi connectivity index (χ0v) is 10.5. The molecule has 2 unspecified atom stereocenters. The van der Waals surface area contributed by atoms with Gasteiger partial charge in [0.1, 0.15) is 0 Å². The van der Waals surface area contributed by atoms with Crippen molar-refractivity contribution in [2.45, 2.75) is 64.5 Å². The highest BCUT2D eigenvalue weighted by atomic mass is 16.5. The summed E-state index contributed by atoms with van der Waals surface area (Å²) in [5.74, 6) is 1.69. The van der Waals surface area contributed by atoms with Crippen LogP contribution in [0.4, 0.5) is 0 Å². The van der Waals surface area contributed by atoms with Crippen molar-refractivity contribution in [3.63, 3.8) is 0 Å². The zero-order valence-electron chi connectivity index (χ0n) is 10.5. The Morgan fingerprint density at radius 1 is 1.20 bits per heavy atom. The molecule has 1 saturated carbocycles. The second kappa shape index (κ2) is 6.49. The Bertz CT molecular complexity index is 164. The molecular weight excluding hydrogens is 186 g/mol. The van der Waals surface area contributed by atoms with E-state index >= 15 is 0 Å². The van der Waals surface area contributed by atoms with Crippen LogP contribution in [-0.2, 0) is 4.74 Å². The number of hydrogen-bond donors (Lipinski definition) is 1. The van der Waals surface area contributed by atoms with Gasteiger partial charge < -0.3 is 10.5 Å². The number of methoxy groups -OCH3 is 1. The van der Waals surface area contributed by atoms with E-state index in [1.165, 1.54) is 25.7 Å². The number of nitrogens with two attached hydrogens (primary N) is 1. The minimum atomic E-state index is 0.360. The van der Waals surface area contributed by atoms with Gasteiger partial charge in [0.15, 0.2) is 0 Å². The Hall–Kier alpha value is -0.0800. The third kappa shape index (κ3) is 4.52. The lowest BCUT2D eigenvalue weighted by Crippen LogP contribution is -2.33. The summed E-state index contributed by atoms with van der Waals surface area (Å²) in [6, 6.07) is 0.398. The molecule has 0 aliphatic heterocycles. The van der Waals surface area contributed by atoms with E-state index in [1.54, 1.807) is 7.11 Å². The first kappa shape index (κ1) is 13.0. The zero-order chi connectivity index (χ0) is 11.3. The van der Waals surface area contributed by atoms with E-state index in [0.29, 0.717) is 12.1 Å². The first-order chi connectivity index (χ1) is 7.13. The summed E-state index contributed by atoms with van der Waals surface area (Å²) in [6.45, 7) is 4.48. The van der Waals surface area contributed by atoms with Crippen LogP contribution in [0.1, 0.15) is 52.4 Å². The maximum Gasteiger partial charge on any atom is 0.0543 e. The van der Waals surface area contributed by atoms with Gasteiger partial charge in [-0.15, -0.1) is 0 Å². The smallest absolute Gasteiger partial charge is 0.0543 e. The molecule has 90 valence electrons. The van der Waals surface area contributed by atoms with Gasteiger partial charge in [0, 0.05) is 13.2 Å². The Labute approximate surface area is 94.6 Å². The predicted octanol–water partition coefficient (Wildman–Crippen LogP) is 2.96. The molecule has 2 nitrogen and oxygen atoms in total. The Kier molecular flexibility index (Phi) is 5.62. The molecule has 2 heteroatoms. The summed E-state index contributed by atoms with van der Waals surface area (Å²) < 4.78 is 5.25. The average molecular weight is 213 g/mol. The van der Waals surface area contributed by atoms with Gasteiger partial charge in [-0.3, -0.25) is 0 Å². The molecule has 0 saturated heterocycles. The highest BCUT2D eigenvalue weighted by Crippen LogP contribution is 2.31. The van der Waals surface area contributed by atoms with Crippen molar-refractivity contribution in [1.29, 1.82) is 0 Å². The fourth-order valence-corrected chi connectivity index (χ4v) is 2.49. The topological polar surface area (TPSA) is 35.2 Å². The first-order valence-corrected chi connectivity index (χ1v) is 6.41. The summed E-state index contributed by atoms with van der Waals surface area (Å²) in [7, 11) is 1.78. The predicted molar refractivity (Wildman–Crippen MR) is 64.8 cm³/mol. The fraction of sp³-hybridized carbons (Fsp3) is 1.00. The molecule has 15 heavy (non-hydrogen) atoms. The molecule has 0 amide bonds. The van der Waals surface area contributed by atoms with Crippen molar-refractivity contribution in [1.82, 2.24) is 0 Å². The molecule has 0 bridgehead atoms. The minimum Gasteiger partial charge on any atom is -0.382 e. The van der Waals surface area contributed by atoms with Crippen LogP contribution in [0.15, 0.2) is 0 Å². The van der Waals surface area contributed by atoms with E-state index in [9.17, 15) is 0 Å². The fourth-order valence-electron chi connectivity index (χ4n) is 2.49. The van der Waals surface area contributed by atoms with Crippen LogP contribution >= 0.6 is 0 Å². The standard InChI is InChI=1S/C13H27NO/c1-10-4-7-12(8-5-10)13(14)9-6-11(2)15-3/h10-13H,4-9,14H2,1-3H3. The third-order valence-electron chi connectivity index (χ3n) is 3.97. The van der Waals surface area contributed by atoms with E-state index in [-0.39, 0.29) is 0 Å². The van der Waals surface area contributed by atoms with Gasteiger partial charge in [0.05, 0.1) is 6.10 Å². The largest absolute Gasteiger partial charge is 0.382 e. The molecule has 0 aromatic rings. The van der Waals surface area contributed by atoms with Crippen molar-refractivity contribution >= 4 is 0 Å². The Morgan fingerprint density at radius 2 is 1.80 bits per heavy atom. The van der Waals surface area contributed by atoms with Crippen LogP contribution in [0.25, 0.3) is 0 Å². The van der Waals surface area contributed by atoms with E-state index in [4.69, 9.17) is 10.5 Å². The lowest BCUT2D eigenvalue weighted by molar-refractivity contribution is 0.103. The average Bonchev–Trinajstić information content (AvgIpc) is 2.26. The van der Waals surface area contributed by atoms with Crippen LogP contribution in [0, 0.1) is 11.8 Å². The molecule has 0 aromatic carbocycles. The number of hydrogen-bond acceptors (Lipinski definition) is 2. The van der Waals surface area contributed by atoms with Crippen molar-refractivity contribution in [2.24, 2.45) is 17.6 Å². The molecule has 1 aliphatic carbocycles. The second-order valence-electron chi connectivity index (χ2n) is 5.31. The number of rotatable bonds is 5. The van der Waals surface area contributed by atoms with Gasteiger partial charge in [0.2, 0.25) is 0 Å². The van der Waals surface area contributed by atoms with Crippen molar-refractivity contribution in [3.8, 4) is 0 Å². The van der Waals surface area contributed by atoms with Gasteiger partial charge in [-0.2, -0.15) is 0 Å². The monoisotopic (exact) mass is 213 g/mol. The molecule has 2 atom stereocenters. The Morgan fingerprint density at radius 3 is 2.33 bits per heavy atom. The second-order valence-corrected chi connectivity index (χ2v) is 5.31. The van der Waals surface area contributed by atoms with Gasteiger partial charge in [-0.25, -0.2) is 0 Å². The van der Waals surface area contributed by atoms with Gasteiger partial charge in [-0.05, 0) is 44.4 Å². The summed E-state index contributed by atoms with van der Waals surface area (Å²) >= 11 is 0. The van der Waals surface area contributed by atoms with E-state index in [0.717, 1.165) is 24.7 Å². The summed E-state index contributed by atoms with van der Waals surface area (Å²) in [4.78, 5) is 0. The molecule has 2 N–H and O–H groups in total. The van der Waals surface area contributed by atoms with Crippen molar-refractivity contribution < 1.29 is 4.74 Å². The Balaban J connectivity index is 2.19. The van der Waals surface area contributed by atoms with E-state index < -0.39 is 0 Å². The highest BCUT2D eigenvalue weighted by molar-refractivity contribution is 4.79. The van der Waals surface area contributed by atoms with Crippen LogP contribution in [-0.4, -0.2) is 19.3 Å². The maximum absolute atomic E-state index is 6.24.